The van der Waals surface area contributed by atoms with E-state index < -0.39 is 0 Å². The number of aryl methyl sites for hydroxylation is 1. The van der Waals surface area contributed by atoms with Crippen molar-refractivity contribution in [2.75, 3.05) is 7.11 Å². The van der Waals surface area contributed by atoms with Gasteiger partial charge in [0.05, 0.1) is 7.11 Å². The van der Waals surface area contributed by atoms with Crippen LogP contribution in [-0.4, -0.2) is 12.2 Å². The van der Waals surface area contributed by atoms with Crippen LogP contribution in [-0.2, 0) is 12.8 Å². The van der Waals surface area contributed by atoms with Crippen LogP contribution < -0.4 is 4.74 Å². The Morgan fingerprint density at radius 1 is 1.28 bits per heavy atom. The average molecular weight is 248 g/mol. The molecule has 0 heterocycles. The highest BCUT2D eigenvalue weighted by atomic mass is 16.5. The Kier molecular flexibility index (Phi) is 6.34. The van der Waals surface area contributed by atoms with E-state index in [0.29, 0.717) is 11.5 Å². The molecule has 0 saturated carbocycles. The summed E-state index contributed by atoms with van der Waals surface area (Å²) in [5.74, 6) is 0.863. The highest BCUT2D eigenvalue weighted by Gasteiger charge is 2.09. The van der Waals surface area contributed by atoms with Crippen LogP contribution in [0.25, 0.3) is 0 Å². The van der Waals surface area contributed by atoms with Gasteiger partial charge in [-0.3, -0.25) is 0 Å². The number of phenols is 1. The van der Waals surface area contributed by atoms with Crippen LogP contribution in [0, 0.1) is 0 Å². The van der Waals surface area contributed by atoms with E-state index in [2.05, 4.69) is 19.6 Å². The van der Waals surface area contributed by atoms with Crippen LogP contribution in [0.2, 0.25) is 0 Å². The second-order valence-corrected chi connectivity index (χ2v) is 4.61. The molecule has 2 heteroatoms. The Bertz CT molecular complexity index is 383. The quantitative estimate of drug-likeness (QED) is 0.550. The van der Waals surface area contributed by atoms with Crippen molar-refractivity contribution < 1.29 is 9.84 Å². The Labute approximate surface area is 110 Å². The Morgan fingerprint density at radius 2 is 2.06 bits per heavy atom. The van der Waals surface area contributed by atoms with Crippen LogP contribution in [0.15, 0.2) is 24.8 Å². The van der Waals surface area contributed by atoms with Crippen LogP contribution >= 0.6 is 0 Å². The minimum Gasteiger partial charge on any atom is -0.504 e. The largest absolute Gasteiger partial charge is 0.504 e. The van der Waals surface area contributed by atoms with Gasteiger partial charge in [0.1, 0.15) is 0 Å². The Morgan fingerprint density at radius 3 is 2.67 bits per heavy atom. The zero-order valence-corrected chi connectivity index (χ0v) is 11.5. The summed E-state index contributed by atoms with van der Waals surface area (Å²) in [4.78, 5) is 0. The number of ether oxygens (including phenoxy) is 1. The molecule has 0 radical (unpaired) electrons. The lowest BCUT2D eigenvalue weighted by Gasteiger charge is -2.11. The second-order valence-electron chi connectivity index (χ2n) is 4.61. The molecule has 0 aliphatic heterocycles. The summed E-state index contributed by atoms with van der Waals surface area (Å²) >= 11 is 0. The zero-order chi connectivity index (χ0) is 13.4. The van der Waals surface area contributed by atoms with Gasteiger partial charge in [-0.15, -0.1) is 6.58 Å². The number of unbranched alkanes of at least 4 members (excludes halogenated alkanes) is 3. The molecular weight excluding hydrogens is 224 g/mol. The molecule has 1 aromatic rings. The van der Waals surface area contributed by atoms with Gasteiger partial charge in [-0.1, -0.05) is 38.3 Å². The summed E-state index contributed by atoms with van der Waals surface area (Å²) in [5.41, 5.74) is 2.13. The first kappa shape index (κ1) is 14.6. The lowest BCUT2D eigenvalue weighted by Crippen LogP contribution is -1.94. The lowest BCUT2D eigenvalue weighted by atomic mass is 10.0. The molecule has 0 aliphatic rings. The smallest absolute Gasteiger partial charge is 0.161 e. The molecule has 0 unspecified atom stereocenters. The zero-order valence-electron chi connectivity index (χ0n) is 11.5. The molecule has 100 valence electrons. The summed E-state index contributed by atoms with van der Waals surface area (Å²) < 4.78 is 5.22. The number of methoxy groups -OCH3 is 1. The Balaban J connectivity index is 2.80. The third-order valence-corrected chi connectivity index (χ3v) is 3.11. The summed E-state index contributed by atoms with van der Waals surface area (Å²) in [7, 11) is 1.59. The van der Waals surface area contributed by atoms with Gasteiger partial charge in [0, 0.05) is 0 Å². The predicted molar refractivity (Wildman–Crippen MR) is 76.4 cm³/mol. The van der Waals surface area contributed by atoms with Crippen LogP contribution in [0.1, 0.15) is 43.7 Å². The summed E-state index contributed by atoms with van der Waals surface area (Å²) in [6.07, 6.45) is 8.39. The van der Waals surface area contributed by atoms with E-state index >= 15 is 0 Å². The molecule has 2 nitrogen and oxygen atoms in total. The van der Waals surface area contributed by atoms with Gasteiger partial charge in [0.25, 0.3) is 0 Å². The molecule has 0 atom stereocenters. The van der Waals surface area contributed by atoms with Crippen molar-refractivity contribution in [1.82, 2.24) is 0 Å². The number of phenolic OH excluding ortho intramolecular Hbond substituents is 1. The standard InChI is InChI=1S/C16H24O2/c1-4-6-7-8-10-14-11-13(9-5-2)12-15(18-3)16(14)17/h5,11-12,17H,2,4,6-10H2,1,3H3. The maximum Gasteiger partial charge on any atom is 0.161 e. The first-order valence-electron chi connectivity index (χ1n) is 6.72. The fourth-order valence-corrected chi connectivity index (χ4v) is 2.10. The van der Waals surface area contributed by atoms with Crippen LogP contribution in [0.4, 0.5) is 0 Å². The molecular formula is C16H24O2. The van der Waals surface area contributed by atoms with E-state index in [-0.39, 0.29) is 0 Å². The molecule has 1 aromatic carbocycles. The number of rotatable bonds is 8. The predicted octanol–water partition coefficient (Wildman–Crippen LogP) is 4.25. The monoisotopic (exact) mass is 248 g/mol. The van der Waals surface area contributed by atoms with Crippen molar-refractivity contribution >= 4 is 0 Å². The topological polar surface area (TPSA) is 29.5 Å². The SMILES string of the molecule is C=CCc1cc(CCCCCC)c(O)c(OC)c1. The fraction of sp³-hybridized carbons (Fsp3) is 0.500. The number of hydrogen-bond donors (Lipinski definition) is 1. The molecule has 1 N–H and O–H groups in total. The first-order valence-corrected chi connectivity index (χ1v) is 6.72. The number of allylic oxidation sites excluding steroid dienone is 1. The van der Waals surface area contributed by atoms with Crippen molar-refractivity contribution in [2.24, 2.45) is 0 Å². The van der Waals surface area contributed by atoms with Crippen molar-refractivity contribution in [3.05, 3.63) is 35.9 Å². The maximum absolute atomic E-state index is 10.1. The molecule has 0 spiro atoms. The van der Waals surface area contributed by atoms with Crippen molar-refractivity contribution in [3.63, 3.8) is 0 Å². The average Bonchev–Trinajstić information content (AvgIpc) is 2.38. The van der Waals surface area contributed by atoms with E-state index in [4.69, 9.17) is 4.74 Å². The summed E-state index contributed by atoms with van der Waals surface area (Å²) in [6, 6.07) is 3.94. The van der Waals surface area contributed by atoms with Gasteiger partial charge < -0.3 is 9.84 Å². The molecule has 0 bridgehead atoms. The third kappa shape index (κ3) is 4.10. The lowest BCUT2D eigenvalue weighted by molar-refractivity contribution is 0.369. The normalized spacial score (nSPS) is 10.3. The molecule has 0 saturated heterocycles. The van der Waals surface area contributed by atoms with Crippen LogP contribution in [0.3, 0.4) is 0 Å². The first-order chi connectivity index (χ1) is 8.72. The van der Waals surface area contributed by atoms with Gasteiger partial charge in [-0.2, -0.15) is 0 Å². The van der Waals surface area contributed by atoms with Gasteiger partial charge in [-0.05, 0) is 36.5 Å². The number of hydrogen-bond acceptors (Lipinski definition) is 2. The summed E-state index contributed by atoms with van der Waals surface area (Å²) in [6.45, 7) is 5.95. The van der Waals surface area contributed by atoms with E-state index in [9.17, 15) is 5.11 Å². The molecule has 0 amide bonds. The molecule has 0 aromatic heterocycles. The second kappa shape index (κ2) is 7.80. The number of aromatic hydroxyl groups is 1. The minimum absolute atomic E-state index is 0.293. The highest BCUT2D eigenvalue weighted by Crippen LogP contribution is 2.32. The van der Waals surface area contributed by atoms with E-state index in [1.165, 1.54) is 19.3 Å². The van der Waals surface area contributed by atoms with Gasteiger partial charge in [0.15, 0.2) is 11.5 Å². The van der Waals surface area contributed by atoms with Crippen molar-refractivity contribution in [3.8, 4) is 11.5 Å². The molecule has 1 rings (SSSR count). The molecule has 0 fully saturated rings. The molecule has 0 aliphatic carbocycles. The van der Waals surface area contributed by atoms with Crippen molar-refractivity contribution in [2.45, 2.75) is 45.4 Å². The van der Waals surface area contributed by atoms with E-state index in [1.54, 1.807) is 7.11 Å². The highest BCUT2D eigenvalue weighted by molar-refractivity contribution is 5.49. The van der Waals surface area contributed by atoms with Crippen LogP contribution in [0.5, 0.6) is 11.5 Å². The third-order valence-electron chi connectivity index (χ3n) is 3.11. The fourth-order valence-electron chi connectivity index (χ4n) is 2.10. The molecule has 18 heavy (non-hydrogen) atoms. The van der Waals surface area contributed by atoms with Gasteiger partial charge in [0.2, 0.25) is 0 Å². The summed E-state index contributed by atoms with van der Waals surface area (Å²) in [5, 5.41) is 10.1. The van der Waals surface area contributed by atoms with Gasteiger partial charge >= 0.3 is 0 Å². The van der Waals surface area contributed by atoms with E-state index in [1.807, 2.05) is 12.1 Å². The van der Waals surface area contributed by atoms with E-state index in [0.717, 1.165) is 30.4 Å². The van der Waals surface area contributed by atoms with Gasteiger partial charge in [-0.25, -0.2) is 0 Å². The Hall–Kier alpha value is -1.44. The minimum atomic E-state index is 0.293. The maximum atomic E-state index is 10.1. The number of benzene rings is 1. The van der Waals surface area contributed by atoms with Crippen molar-refractivity contribution in [1.29, 1.82) is 0 Å².